The Kier molecular flexibility index (Phi) is 4.46. The van der Waals surface area contributed by atoms with E-state index in [1.54, 1.807) is 0 Å². The zero-order valence-electron chi connectivity index (χ0n) is 13.3. The second kappa shape index (κ2) is 6.40. The number of nitrogens with zero attached hydrogens (tertiary/aromatic N) is 2. The Morgan fingerprint density at radius 2 is 2.04 bits per heavy atom. The quantitative estimate of drug-likeness (QED) is 0.607. The Labute approximate surface area is 140 Å². The van der Waals surface area contributed by atoms with Gasteiger partial charge in [-0.3, -0.25) is 15.0 Å². The number of carbonyl (C=O) groups is 1. The molecule has 0 aliphatic carbocycles. The van der Waals surface area contributed by atoms with E-state index in [0.29, 0.717) is 26.0 Å². The zero-order chi connectivity index (χ0) is 17.3. The van der Waals surface area contributed by atoms with Crippen molar-refractivity contribution in [3.8, 4) is 0 Å². The van der Waals surface area contributed by atoms with Gasteiger partial charge in [-0.15, -0.1) is 0 Å². The first kappa shape index (κ1) is 16.7. The van der Waals surface area contributed by atoms with Crippen LogP contribution in [0, 0.1) is 5.41 Å². The molecule has 0 spiro atoms. The SMILES string of the molecule is CS(=O)(=O)NC(=N)[C@@H]1CC[C@@H]2CN1C(=O)N2OCc1ccccc1. The predicted molar refractivity (Wildman–Crippen MR) is 87.7 cm³/mol. The fourth-order valence-electron chi connectivity index (χ4n) is 3.08. The van der Waals surface area contributed by atoms with Gasteiger partial charge in [0.05, 0.1) is 18.3 Å². The van der Waals surface area contributed by atoms with E-state index < -0.39 is 16.1 Å². The van der Waals surface area contributed by atoms with Crippen LogP contribution >= 0.6 is 0 Å². The molecule has 0 aromatic heterocycles. The van der Waals surface area contributed by atoms with Crippen LogP contribution in [0.3, 0.4) is 0 Å². The molecule has 9 heteroatoms. The van der Waals surface area contributed by atoms with Gasteiger partial charge in [0.1, 0.15) is 12.4 Å². The van der Waals surface area contributed by atoms with E-state index in [0.717, 1.165) is 11.8 Å². The van der Waals surface area contributed by atoms with E-state index in [2.05, 4.69) is 4.72 Å². The number of benzene rings is 1. The van der Waals surface area contributed by atoms with Crippen LogP contribution in [0.4, 0.5) is 4.79 Å². The molecule has 2 fully saturated rings. The fourth-order valence-corrected chi connectivity index (χ4v) is 3.62. The Morgan fingerprint density at radius 1 is 1.33 bits per heavy atom. The van der Waals surface area contributed by atoms with Gasteiger partial charge in [-0.1, -0.05) is 30.3 Å². The van der Waals surface area contributed by atoms with Crippen LogP contribution in [0.5, 0.6) is 0 Å². The van der Waals surface area contributed by atoms with Gasteiger partial charge in [0, 0.05) is 6.54 Å². The van der Waals surface area contributed by atoms with Crippen molar-refractivity contribution in [3.05, 3.63) is 35.9 Å². The molecule has 1 aromatic rings. The molecule has 0 radical (unpaired) electrons. The first-order valence-corrected chi connectivity index (χ1v) is 9.57. The van der Waals surface area contributed by atoms with Crippen LogP contribution in [0.15, 0.2) is 30.3 Å². The molecule has 2 atom stereocenters. The highest BCUT2D eigenvalue weighted by Gasteiger charge is 2.47. The Morgan fingerprint density at radius 3 is 2.71 bits per heavy atom. The molecule has 2 heterocycles. The van der Waals surface area contributed by atoms with Gasteiger partial charge in [0.2, 0.25) is 10.0 Å². The number of fused-ring (bicyclic) bond motifs is 2. The molecule has 24 heavy (non-hydrogen) atoms. The number of carbonyl (C=O) groups excluding carboxylic acids is 1. The molecule has 2 N–H and O–H groups in total. The van der Waals surface area contributed by atoms with Gasteiger partial charge >= 0.3 is 6.03 Å². The first-order chi connectivity index (χ1) is 11.3. The monoisotopic (exact) mass is 352 g/mol. The molecular formula is C15H20N4O4S. The summed E-state index contributed by atoms with van der Waals surface area (Å²) >= 11 is 0. The smallest absolute Gasteiger partial charge is 0.311 e. The minimum Gasteiger partial charge on any atom is -0.311 e. The summed E-state index contributed by atoms with van der Waals surface area (Å²) in [7, 11) is -3.53. The van der Waals surface area contributed by atoms with E-state index in [4.69, 9.17) is 10.2 Å². The van der Waals surface area contributed by atoms with Crippen LogP contribution < -0.4 is 4.72 Å². The van der Waals surface area contributed by atoms with Crippen molar-refractivity contribution < 1.29 is 18.0 Å². The number of piperidine rings is 1. The number of hydrogen-bond donors (Lipinski definition) is 2. The molecule has 8 nitrogen and oxygen atoms in total. The van der Waals surface area contributed by atoms with Crippen molar-refractivity contribution in [1.29, 1.82) is 5.41 Å². The average molecular weight is 352 g/mol. The number of hydroxylamine groups is 2. The van der Waals surface area contributed by atoms with Crippen LogP contribution in [0.25, 0.3) is 0 Å². The van der Waals surface area contributed by atoms with Crippen LogP contribution in [-0.4, -0.2) is 55.1 Å². The Balaban J connectivity index is 1.65. The lowest BCUT2D eigenvalue weighted by Gasteiger charge is -2.30. The maximum Gasteiger partial charge on any atom is 0.344 e. The number of hydrogen-bond acceptors (Lipinski definition) is 5. The van der Waals surface area contributed by atoms with Crippen LogP contribution in [0.2, 0.25) is 0 Å². The summed E-state index contributed by atoms with van der Waals surface area (Å²) in [5.74, 6) is -0.172. The minimum atomic E-state index is -3.53. The maximum absolute atomic E-state index is 12.5. The molecular weight excluding hydrogens is 332 g/mol. The third-order valence-corrected chi connectivity index (χ3v) is 4.76. The minimum absolute atomic E-state index is 0.0662. The van der Waals surface area contributed by atoms with E-state index in [9.17, 15) is 13.2 Å². The van der Waals surface area contributed by atoms with E-state index >= 15 is 0 Å². The molecule has 2 amide bonds. The summed E-state index contributed by atoms with van der Waals surface area (Å²) in [6.45, 7) is 0.729. The highest BCUT2D eigenvalue weighted by atomic mass is 32.2. The van der Waals surface area contributed by atoms with Crippen molar-refractivity contribution in [3.63, 3.8) is 0 Å². The highest BCUT2D eigenvalue weighted by Crippen LogP contribution is 2.30. The molecule has 130 valence electrons. The molecule has 0 saturated carbocycles. The summed E-state index contributed by atoms with van der Waals surface area (Å²) in [6.07, 6.45) is 2.19. The fraction of sp³-hybridized carbons (Fsp3) is 0.467. The summed E-state index contributed by atoms with van der Waals surface area (Å²) in [4.78, 5) is 19.7. The summed E-state index contributed by atoms with van der Waals surface area (Å²) < 4.78 is 24.8. The number of rotatable bonds is 5. The Bertz CT molecular complexity index is 737. The molecule has 3 rings (SSSR count). The third-order valence-electron chi connectivity index (χ3n) is 4.16. The van der Waals surface area contributed by atoms with Crippen molar-refractivity contribution >= 4 is 21.9 Å². The summed E-state index contributed by atoms with van der Waals surface area (Å²) in [6, 6.07) is 8.61. The van der Waals surface area contributed by atoms with Crippen LogP contribution in [0.1, 0.15) is 18.4 Å². The molecule has 2 aliphatic heterocycles. The van der Waals surface area contributed by atoms with Gasteiger partial charge in [-0.2, -0.15) is 5.06 Å². The topological polar surface area (TPSA) is 103 Å². The standard InChI is InChI=1S/C15H20N4O4S/c1-24(21,22)17-14(16)13-8-7-12-9-18(13)15(20)19(12)23-10-11-5-3-2-4-6-11/h2-6,12-13H,7-10H2,1H3,(H2,16,17)/t12-,13+/m1/s1. The van der Waals surface area contributed by atoms with Gasteiger partial charge in [-0.05, 0) is 18.4 Å². The number of nitrogens with one attached hydrogen (secondary N) is 2. The average Bonchev–Trinajstić information content (AvgIpc) is 2.76. The second-order valence-electron chi connectivity index (χ2n) is 6.05. The number of amides is 2. The summed E-state index contributed by atoms with van der Waals surface area (Å²) in [5.41, 5.74) is 0.963. The second-order valence-corrected chi connectivity index (χ2v) is 7.80. The van der Waals surface area contributed by atoms with Crippen molar-refractivity contribution in [2.75, 3.05) is 12.8 Å². The van der Waals surface area contributed by atoms with Crippen molar-refractivity contribution in [1.82, 2.24) is 14.7 Å². The van der Waals surface area contributed by atoms with Gasteiger partial charge in [-0.25, -0.2) is 13.2 Å². The normalized spacial score (nSPS) is 23.5. The molecule has 2 bridgehead atoms. The number of amidine groups is 1. The predicted octanol–water partition coefficient (Wildman–Crippen LogP) is 0.913. The van der Waals surface area contributed by atoms with Crippen molar-refractivity contribution in [2.45, 2.75) is 31.5 Å². The number of sulfonamides is 1. The van der Waals surface area contributed by atoms with Gasteiger partial charge in [0.15, 0.2) is 0 Å². The lowest BCUT2D eigenvalue weighted by Crippen LogP contribution is -2.50. The maximum atomic E-state index is 12.5. The third kappa shape index (κ3) is 3.51. The molecule has 0 unspecified atom stereocenters. The van der Waals surface area contributed by atoms with E-state index in [1.165, 1.54) is 9.96 Å². The molecule has 2 aliphatic rings. The van der Waals surface area contributed by atoms with Crippen LogP contribution in [-0.2, 0) is 21.5 Å². The van der Waals surface area contributed by atoms with E-state index in [1.807, 2.05) is 30.3 Å². The lowest BCUT2D eigenvalue weighted by molar-refractivity contribution is -0.140. The molecule has 2 saturated heterocycles. The molecule has 1 aromatic carbocycles. The largest absolute Gasteiger partial charge is 0.344 e. The number of urea groups is 1. The Hall–Kier alpha value is -2.13. The van der Waals surface area contributed by atoms with Gasteiger partial charge in [0.25, 0.3) is 0 Å². The zero-order valence-corrected chi connectivity index (χ0v) is 14.1. The van der Waals surface area contributed by atoms with E-state index in [-0.39, 0.29) is 17.9 Å². The van der Waals surface area contributed by atoms with Crippen molar-refractivity contribution in [2.24, 2.45) is 0 Å². The first-order valence-electron chi connectivity index (χ1n) is 7.68. The summed E-state index contributed by atoms with van der Waals surface area (Å²) in [5, 5.41) is 9.30. The van der Waals surface area contributed by atoms with Gasteiger partial charge < -0.3 is 4.90 Å². The highest BCUT2D eigenvalue weighted by molar-refractivity contribution is 7.89. The lowest BCUT2D eigenvalue weighted by atomic mass is 10.0.